The van der Waals surface area contributed by atoms with Crippen LogP contribution in [0.3, 0.4) is 0 Å². The molecule has 1 aliphatic heterocycles. The van der Waals surface area contributed by atoms with Crippen LogP contribution in [0.15, 0.2) is 23.7 Å². The largest absolute Gasteiger partial charge is 0.462 e. The number of rotatable bonds is 7. The van der Waals surface area contributed by atoms with E-state index in [0.717, 1.165) is 6.92 Å². The summed E-state index contributed by atoms with van der Waals surface area (Å²) in [5, 5.41) is 4.36. The zero-order chi connectivity index (χ0) is 39.2. The second-order valence-electron chi connectivity index (χ2n) is 7.03. The fourth-order valence-corrected chi connectivity index (χ4v) is 3.65. The number of ether oxygens (including phenoxy) is 2. The van der Waals surface area contributed by atoms with E-state index in [-0.39, 0.29) is 6.42 Å². The third-order valence-corrected chi connectivity index (χ3v) is 5.04. The Hall–Kier alpha value is -1.62. The van der Waals surface area contributed by atoms with Crippen LogP contribution in [0.1, 0.15) is 93.3 Å². The van der Waals surface area contributed by atoms with E-state index in [4.69, 9.17) is 38.3 Å². The fraction of sp³-hybridized carbons (Fsp3) is 0.750. The predicted molar refractivity (Wildman–Crippen MR) is 111 cm³/mol. The van der Waals surface area contributed by atoms with Crippen molar-refractivity contribution < 1.29 is 51.6 Å². The fourth-order valence-electron chi connectivity index (χ4n) is 3.65. The van der Waals surface area contributed by atoms with Crippen LogP contribution in [0.4, 0.5) is 0 Å². The number of allylic oxidation sites excluding steroid dienone is 3. The number of carbonyl (C=O) groups excluding carboxylic acids is 2. The van der Waals surface area contributed by atoms with Crippen LogP contribution in [0.2, 0.25) is 0 Å². The Balaban J connectivity index is 2.29. The summed E-state index contributed by atoms with van der Waals surface area (Å²) in [6.07, 6.45) is -17.0. The molecule has 0 amide bonds. The predicted octanol–water partition coefficient (Wildman–Crippen LogP) is 4.20. The molecule has 3 aliphatic rings. The lowest BCUT2D eigenvalue weighted by molar-refractivity contribution is -0.162. The Morgan fingerprint density at radius 1 is 1.62 bits per heavy atom. The molecular weight excluding hydrogens is 368 g/mol. The van der Waals surface area contributed by atoms with Gasteiger partial charge in [0.15, 0.2) is 0 Å². The van der Waals surface area contributed by atoms with Gasteiger partial charge in [-0.05, 0) is 48.9 Å². The Morgan fingerprint density at radius 3 is 3.28 bits per heavy atom. The van der Waals surface area contributed by atoms with Gasteiger partial charge in [0.05, 0.1) is 22.5 Å². The number of esters is 2. The molecule has 29 heavy (non-hydrogen) atoms. The van der Waals surface area contributed by atoms with Crippen LogP contribution < -0.4 is 0 Å². The maximum absolute atomic E-state index is 13.7. The third kappa shape index (κ3) is 5.30. The molecule has 1 fully saturated rings. The molecule has 0 aromatic heterocycles. The lowest BCUT2D eigenvalue weighted by Crippen LogP contribution is -2.42. The number of hydrogen-bond acceptors (Lipinski definition) is 5. The van der Waals surface area contributed by atoms with Crippen LogP contribution in [0.5, 0.6) is 0 Å². The molecule has 1 heterocycles. The first-order valence-corrected chi connectivity index (χ1v) is 9.09. The molecule has 0 aromatic carbocycles. The van der Waals surface area contributed by atoms with Gasteiger partial charge in [0.1, 0.15) is 12.2 Å². The molecule has 3 rings (SSSR count). The lowest BCUT2D eigenvalue weighted by Gasteiger charge is -2.43. The Labute approximate surface area is 204 Å². The van der Waals surface area contributed by atoms with E-state index in [1.54, 1.807) is 0 Å². The van der Waals surface area contributed by atoms with E-state index in [2.05, 4.69) is 5.11 Å². The molecule has 0 aromatic rings. The molecule has 0 saturated carbocycles. The highest BCUT2D eigenvalue weighted by atomic mass is 16.5. The summed E-state index contributed by atoms with van der Waals surface area (Å²) >= 11 is 0. The molecular formula is C24H36O5. The Morgan fingerprint density at radius 2 is 2.52 bits per heavy atom. The number of hydrogen-bond donors (Lipinski definition) is 1. The molecule has 0 radical (unpaired) electrons. The van der Waals surface area contributed by atoms with Gasteiger partial charge in [0.2, 0.25) is 1.43 Å². The SMILES string of the molecule is [2H]O[C@@H]1CC(CC[C@@H]2[C@@H]3C(=C([2H])[C@]([2H])(C([2H])([2H])[2H])C([2H])([2H])C3OC(=O)[C@@H](C([2H])([2H])[2H])C([2H])([2H])C([2H])([2H])[2H])C([2H])=C([2H])[C@]2([2H])C)OC(=O)C1([2H])[2H]. The van der Waals surface area contributed by atoms with E-state index in [1.165, 1.54) is 0 Å². The summed E-state index contributed by atoms with van der Waals surface area (Å²) in [6, 6.07) is -3.20. The minimum atomic E-state index is -3.85. The van der Waals surface area contributed by atoms with Crippen molar-refractivity contribution >= 4 is 11.9 Å². The van der Waals surface area contributed by atoms with Crippen LogP contribution in [-0.2, 0) is 19.1 Å². The van der Waals surface area contributed by atoms with Crippen molar-refractivity contribution in [1.82, 2.24) is 0 Å². The third-order valence-electron chi connectivity index (χ3n) is 5.04. The van der Waals surface area contributed by atoms with Gasteiger partial charge in [-0.25, -0.2) is 0 Å². The van der Waals surface area contributed by atoms with Crippen molar-refractivity contribution in [3.63, 3.8) is 0 Å². The zero-order valence-corrected chi connectivity index (χ0v) is 15.6. The normalized spacial score (nSPS) is 59.8. The van der Waals surface area contributed by atoms with Gasteiger partial charge in [0, 0.05) is 35.6 Å². The average Bonchev–Trinajstić information content (AvgIpc) is 2.92. The van der Waals surface area contributed by atoms with E-state index in [1.807, 2.05) is 0 Å². The Bertz CT molecular complexity index is 1430. The summed E-state index contributed by atoms with van der Waals surface area (Å²) in [4.78, 5) is 26.0. The minimum Gasteiger partial charge on any atom is -0.462 e. The van der Waals surface area contributed by atoms with Crippen molar-refractivity contribution in [2.24, 2.45) is 29.5 Å². The summed E-state index contributed by atoms with van der Waals surface area (Å²) in [7, 11) is 0. The average molecular weight is 426 g/mol. The molecule has 1 N–H and O–H groups in total. The minimum absolute atomic E-state index is 0.340. The van der Waals surface area contributed by atoms with E-state index in [0.29, 0.717) is 0 Å². The first kappa shape index (κ1) is 7.51. The number of aliphatic hydroxyl groups is 1. The number of carbonyl (C=O) groups is 2. The maximum Gasteiger partial charge on any atom is 0.308 e. The van der Waals surface area contributed by atoms with Crippen molar-refractivity contribution in [3.8, 4) is 0 Å². The molecule has 2 unspecified atom stereocenters. The molecule has 162 valence electrons. The van der Waals surface area contributed by atoms with E-state index < -0.39 is 136 Å². The van der Waals surface area contributed by atoms with Crippen molar-refractivity contribution in [3.05, 3.63) is 23.7 Å². The zero-order valence-electron chi connectivity index (χ0n) is 36.6. The quantitative estimate of drug-likeness (QED) is 0.619. The number of aliphatic hydroxyl groups excluding tert-OH is 1. The van der Waals surface area contributed by atoms with Crippen LogP contribution in [0.25, 0.3) is 0 Å². The molecule has 1 saturated heterocycles. The number of cyclic esters (lactones) is 1. The van der Waals surface area contributed by atoms with Gasteiger partial charge in [-0.1, -0.05) is 45.6 Å². The van der Waals surface area contributed by atoms with Crippen molar-refractivity contribution in [1.29, 1.82) is 1.43 Å². The van der Waals surface area contributed by atoms with Gasteiger partial charge < -0.3 is 14.6 Å². The van der Waals surface area contributed by atoms with Crippen LogP contribution in [-0.4, -0.2) is 36.8 Å². The molecule has 5 heteroatoms. The summed E-state index contributed by atoms with van der Waals surface area (Å²) in [5.74, 6) is -16.3. The standard InChI is InChI=1S/C24H36O5/c1-5-15(3)24(27)29-21-11-14(2)10-17-7-6-16(4)20(23(17)21)9-8-19-12-18(25)13-22(26)28-19/h6-7,10,14-16,18-21,23,25H,5,8-9,11-13H2,1-4H3/t14-,15-,16-,18+,19?,20-,21?,23-/m0/s1/i1D3,2D3,3D3,5D2,6D,7D,10D,11D2,13D2,14D,16D,25D. The van der Waals surface area contributed by atoms with E-state index >= 15 is 0 Å². The highest BCUT2D eigenvalue weighted by molar-refractivity contribution is 5.72. The maximum atomic E-state index is 13.7. The smallest absolute Gasteiger partial charge is 0.308 e. The summed E-state index contributed by atoms with van der Waals surface area (Å²) < 4.78 is 181. The van der Waals surface area contributed by atoms with Crippen LogP contribution in [0, 0.1) is 29.5 Å². The summed E-state index contributed by atoms with van der Waals surface area (Å²) in [5.41, 5.74) is -0.822. The second-order valence-corrected chi connectivity index (χ2v) is 7.03. The molecule has 0 bridgehead atoms. The van der Waals surface area contributed by atoms with Gasteiger partial charge in [-0.15, -0.1) is 0 Å². The highest BCUT2D eigenvalue weighted by Gasteiger charge is 2.42. The van der Waals surface area contributed by atoms with E-state index in [9.17, 15) is 9.59 Å². The van der Waals surface area contributed by atoms with Gasteiger partial charge in [-0.3, -0.25) is 9.59 Å². The second kappa shape index (κ2) is 9.46. The van der Waals surface area contributed by atoms with Crippen molar-refractivity contribution in [2.45, 2.75) is 84.2 Å². The monoisotopic (exact) mass is 425 g/mol. The van der Waals surface area contributed by atoms with Gasteiger partial charge in [-0.2, -0.15) is 0 Å². The molecule has 5 nitrogen and oxygen atoms in total. The number of fused-ring (bicyclic) bond motifs is 1. The first-order valence-electron chi connectivity index (χ1n) is 19.5. The lowest BCUT2D eigenvalue weighted by atomic mass is 9.65. The highest BCUT2D eigenvalue weighted by Crippen LogP contribution is 2.45. The first-order chi connectivity index (χ1) is 22.2. The Kier molecular flexibility index (Phi) is 2.45. The van der Waals surface area contributed by atoms with Crippen molar-refractivity contribution in [2.75, 3.05) is 0 Å². The molecule has 0 spiro atoms. The van der Waals surface area contributed by atoms with Gasteiger partial charge in [0.25, 0.3) is 0 Å². The summed E-state index contributed by atoms with van der Waals surface area (Å²) in [6.45, 7) is -10.2. The van der Waals surface area contributed by atoms with Gasteiger partial charge >= 0.3 is 11.9 Å². The van der Waals surface area contributed by atoms with Crippen LogP contribution >= 0.6 is 0 Å². The molecule has 8 atom stereocenters. The topological polar surface area (TPSA) is 72.8 Å². The molecule has 2 aliphatic carbocycles.